The van der Waals surface area contributed by atoms with E-state index < -0.39 is 0 Å². The van der Waals surface area contributed by atoms with Gasteiger partial charge in [0, 0.05) is 43.9 Å². The Bertz CT molecular complexity index is 813. The van der Waals surface area contributed by atoms with Gasteiger partial charge in [0.05, 0.1) is 24.3 Å². The van der Waals surface area contributed by atoms with Gasteiger partial charge >= 0.3 is 0 Å². The zero-order valence-corrected chi connectivity index (χ0v) is 13.9. The van der Waals surface area contributed by atoms with Crippen molar-refractivity contribution in [1.82, 2.24) is 24.2 Å². The van der Waals surface area contributed by atoms with Gasteiger partial charge in [-0.2, -0.15) is 5.10 Å². The fraction of sp³-hybridized carbons (Fsp3) is 0.611. The van der Waals surface area contributed by atoms with Crippen LogP contribution in [-0.4, -0.2) is 37.3 Å². The zero-order valence-electron chi connectivity index (χ0n) is 13.9. The highest BCUT2D eigenvalue weighted by Crippen LogP contribution is 2.36. The predicted octanol–water partition coefficient (Wildman–Crippen LogP) is 1.40. The number of rotatable bonds is 5. The maximum atomic E-state index is 12.2. The number of hydrogen-bond acceptors (Lipinski definition) is 4. The highest BCUT2D eigenvalue weighted by atomic mass is 16.1. The minimum atomic E-state index is 0.0703. The van der Waals surface area contributed by atoms with Gasteiger partial charge < -0.3 is 4.57 Å². The Balaban J connectivity index is 1.20. The van der Waals surface area contributed by atoms with Crippen molar-refractivity contribution in [2.45, 2.75) is 51.2 Å². The van der Waals surface area contributed by atoms with E-state index in [-0.39, 0.29) is 5.56 Å². The number of aromatic nitrogens is 4. The van der Waals surface area contributed by atoms with Crippen molar-refractivity contribution in [2.75, 3.05) is 13.1 Å². The van der Waals surface area contributed by atoms with E-state index in [1.165, 1.54) is 24.1 Å². The quantitative estimate of drug-likeness (QED) is 0.834. The topological polar surface area (TPSA) is 56.0 Å². The second-order valence-electron chi connectivity index (χ2n) is 7.57. The molecule has 0 N–H and O–H groups in total. The first-order valence-electron chi connectivity index (χ1n) is 9.09. The van der Waals surface area contributed by atoms with Gasteiger partial charge in [0.15, 0.2) is 0 Å². The van der Waals surface area contributed by atoms with Gasteiger partial charge in [0.25, 0.3) is 5.56 Å². The van der Waals surface area contributed by atoms with Crippen LogP contribution in [-0.2, 0) is 25.9 Å². The molecule has 0 atom stereocenters. The number of aryl methyl sites for hydroxylation is 2. The van der Waals surface area contributed by atoms with Crippen LogP contribution < -0.4 is 5.56 Å². The molecule has 0 unspecified atom stereocenters. The van der Waals surface area contributed by atoms with E-state index in [0.717, 1.165) is 51.1 Å². The normalized spacial score (nSPS) is 21.0. The molecular formula is C18H23N5O. The molecule has 6 nitrogen and oxygen atoms in total. The molecule has 0 radical (unpaired) electrons. The molecular weight excluding hydrogens is 302 g/mol. The summed E-state index contributed by atoms with van der Waals surface area (Å²) in [6.07, 6.45) is 9.73. The minimum absolute atomic E-state index is 0.0703. The van der Waals surface area contributed by atoms with Crippen molar-refractivity contribution in [3.05, 3.63) is 45.9 Å². The van der Waals surface area contributed by atoms with Crippen LogP contribution in [0.15, 0.2) is 23.4 Å². The Morgan fingerprint density at radius 1 is 1.21 bits per heavy atom. The highest BCUT2D eigenvalue weighted by molar-refractivity contribution is 5.22. The zero-order chi connectivity index (χ0) is 16.1. The number of fused-ring (bicyclic) bond motifs is 1. The molecule has 1 saturated carbocycles. The average molecular weight is 325 g/mol. The smallest absolute Gasteiger partial charge is 0.267 e. The third-order valence-corrected chi connectivity index (χ3v) is 5.56. The number of likely N-dealkylation sites (tertiary alicyclic amines) is 1. The number of hydrogen-bond donors (Lipinski definition) is 0. The lowest BCUT2D eigenvalue weighted by Crippen LogP contribution is -2.49. The van der Waals surface area contributed by atoms with Crippen LogP contribution in [0.3, 0.4) is 0 Å². The Morgan fingerprint density at radius 3 is 2.92 bits per heavy atom. The maximum absolute atomic E-state index is 12.2. The Morgan fingerprint density at radius 2 is 2.08 bits per heavy atom. The second kappa shape index (κ2) is 5.55. The summed E-state index contributed by atoms with van der Waals surface area (Å²) in [5.74, 6) is 0.534. The third-order valence-electron chi connectivity index (χ3n) is 5.56. The van der Waals surface area contributed by atoms with Crippen molar-refractivity contribution in [3.8, 4) is 0 Å². The van der Waals surface area contributed by atoms with Crippen molar-refractivity contribution in [1.29, 1.82) is 0 Å². The highest BCUT2D eigenvalue weighted by Gasteiger charge is 2.30. The monoisotopic (exact) mass is 325 g/mol. The number of nitrogens with zero attached hydrogens (tertiary/aromatic N) is 5. The van der Waals surface area contributed by atoms with E-state index >= 15 is 0 Å². The summed E-state index contributed by atoms with van der Waals surface area (Å²) in [5, 5.41) is 4.59. The van der Waals surface area contributed by atoms with Crippen LogP contribution >= 0.6 is 0 Å². The van der Waals surface area contributed by atoms with Gasteiger partial charge in [-0.15, -0.1) is 0 Å². The molecule has 0 spiro atoms. The van der Waals surface area contributed by atoms with Crippen LogP contribution in [0, 0.1) is 5.92 Å². The molecule has 3 heterocycles. The van der Waals surface area contributed by atoms with Gasteiger partial charge in [-0.3, -0.25) is 9.69 Å². The predicted molar refractivity (Wildman–Crippen MR) is 89.8 cm³/mol. The summed E-state index contributed by atoms with van der Waals surface area (Å²) >= 11 is 0. The van der Waals surface area contributed by atoms with E-state index in [1.54, 1.807) is 10.7 Å². The lowest BCUT2D eigenvalue weighted by atomic mass is 10.00. The molecule has 2 aromatic heterocycles. The van der Waals surface area contributed by atoms with E-state index in [0.29, 0.717) is 12.0 Å². The summed E-state index contributed by atoms with van der Waals surface area (Å²) < 4.78 is 4.03. The molecule has 6 heteroatoms. The first-order chi connectivity index (χ1) is 11.8. The van der Waals surface area contributed by atoms with Crippen molar-refractivity contribution >= 4 is 0 Å². The average Bonchev–Trinajstić information content (AvgIpc) is 3.10. The van der Waals surface area contributed by atoms with E-state index in [9.17, 15) is 4.79 Å². The van der Waals surface area contributed by atoms with Gasteiger partial charge in [0.2, 0.25) is 0 Å². The third kappa shape index (κ3) is 2.59. The van der Waals surface area contributed by atoms with Crippen molar-refractivity contribution < 1.29 is 0 Å². The molecule has 2 fully saturated rings. The molecule has 3 aliphatic rings. The van der Waals surface area contributed by atoms with Gasteiger partial charge in [0.1, 0.15) is 0 Å². The minimum Gasteiger partial charge on any atom is -0.330 e. The Labute approximate surface area is 141 Å². The second-order valence-corrected chi connectivity index (χ2v) is 7.57. The van der Waals surface area contributed by atoms with Gasteiger partial charge in [-0.25, -0.2) is 9.67 Å². The standard InChI is InChI=1S/C18H23N5O/c24-18-6-14-2-1-3-17(14)20-23(18)10-13-8-21(9-13)11-16-7-19-12-22(16)15-4-5-15/h6-7,12-13,15H,1-5,8-11H2. The largest absolute Gasteiger partial charge is 0.330 e. The first kappa shape index (κ1) is 14.4. The lowest BCUT2D eigenvalue weighted by molar-refractivity contribution is 0.0741. The first-order valence-corrected chi connectivity index (χ1v) is 9.09. The fourth-order valence-corrected chi connectivity index (χ4v) is 4.10. The summed E-state index contributed by atoms with van der Waals surface area (Å²) in [4.78, 5) is 18.9. The van der Waals surface area contributed by atoms with E-state index in [4.69, 9.17) is 0 Å². The summed E-state index contributed by atoms with van der Waals surface area (Å²) in [5.41, 5.74) is 3.70. The molecule has 2 aliphatic carbocycles. The van der Waals surface area contributed by atoms with Crippen LogP contribution in [0.2, 0.25) is 0 Å². The molecule has 0 aromatic carbocycles. The lowest BCUT2D eigenvalue weighted by Gasteiger charge is -2.39. The summed E-state index contributed by atoms with van der Waals surface area (Å²) in [6, 6.07) is 2.49. The molecule has 2 aromatic rings. The molecule has 1 saturated heterocycles. The van der Waals surface area contributed by atoms with Crippen LogP contribution in [0.1, 0.15) is 42.3 Å². The van der Waals surface area contributed by atoms with Crippen LogP contribution in [0.4, 0.5) is 0 Å². The Hall–Kier alpha value is -1.95. The SMILES string of the molecule is O=c1cc2c(nn1CC1CN(Cc3cncn3C3CC3)C1)CCC2. The van der Waals surface area contributed by atoms with Crippen LogP contribution in [0.25, 0.3) is 0 Å². The molecule has 24 heavy (non-hydrogen) atoms. The fourth-order valence-electron chi connectivity index (χ4n) is 4.10. The summed E-state index contributed by atoms with van der Waals surface area (Å²) in [7, 11) is 0. The summed E-state index contributed by atoms with van der Waals surface area (Å²) in [6.45, 7) is 3.81. The van der Waals surface area contributed by atoms with Crippen LogP contribution in [0.5, 0.6) is 0 Å². The molecule has 0 bridgehead atoms. The van der Waals surface area contributed by atoms with Crippen molar-refractivity contribution in [2.24, 2.45) is 5.92 Å². The number of imidazole rings is 1. The van der Waals surface area contributed by atoms with Gasteiger partial charge in [-0.05, 0) is 37.7 Å². The maximum Gasteiger partial charge on any atom is 0.267 e. The van der Waals surface area contributed by atoms with E-state index in [2.05, 4.69) is 19.5 Å². The molecule has 5 rings (SSSR count). The molecule has 0 amide bonds. The van der Waals surface area contributed by atoms with Crippen molar-refractivity contribution in [3.63, 3.8) is 0 Å². The Kier molecular flexibility index (Phi) is 3.33. The van der Waals surface area contributed by atoms with Gasteiger partial charge in [-0.1, -0.05) is 0 Å². The molecule has 1 aliphatic heterocycles. The molecule has 126 valence electrons. The van der Waals surface area contributed by atoms with E-state index in [1.807, 2.05) is 12.5 Å².